The van der Waals surface area contributed by atoms with Crippen LogP contribution in [-0.2, 0) is 11.0 Å². The van der Waals surface area contributed by atoms with Gasteiger partial charge in [-0.3, -0.25) is 0 Å². The molecule has 0 heterocycles. The Morgan fingerprint density at radius 3 is 2.25 bits per heavy atom. The Balaban J connectivity index is 2.56. The smallest absolute Gasteiger partial charge is 0.192 e. The van der Waals surface area contributed by atoms with E-state index in [1.807, 2.05) is 24.3 Å². The summed E-state index contributed by atoms with van der Waals surface area (Å²) in [6.45, 7) is 11.9. The van der Waals surface area contributed by atoms with Gasteiger partial charge in [0.1, 0.15) is 5.75 Å². The summed E-state index contributed by atoms with van der Waals surface area (Å²) in [4.78, 5) is 0. The highest BCUT2D eigenvalue weighted by Crippen LogP contribution is 2.37. The number of aliphatic hydroxyl groups is 1. The minimum absolute atomic E-state index is 0.0154. The summed E-state index contributed by atoms with van der Waals surface area (Å²) in [6, 6.07) is 7.84. The van der Waals surface area contributed by atoms with Gasteiger partial charge in [-0.1, -0.05) is 32.9 Å². The zero-order chi connectivity index (χ0) is 15.2. The summed E-state index contributed by atoms with van der Waals surface area (Å²) < 4.78 is 11.5. The molecule has 0 radical (unpaired) electrons. The lowest BCUT2D eigenvalue weighted by Crippen LogP contribution is -2.40. The van der Waals surface area contributed by atoms with Gasteiger partial charge in [0, 0.05) is 0 Å². The molecule has 0 aliphatic rings. The fourth-order valence-corrected chi connectivity index (χ4v) is 2.27. The van der Waals surface area contributed by atoms with Gasteiger partial charge in [-0.05, 0) is 41.9 Å². The van der Waals surface area contributed by atoms with E-state index >= 15 is 0 Å². The topological polar surface area (TPSA) is 38.7 Å². The zero-order valence-corrected chi connectivity index (χ0v) is 14.1. The van der Waals surface area contributed by atoms with Crippen LogP contribution in [0.1, 0.15) is 26.3 Å². The first-order valence-electron chi connectivity index (χ1n) is 6.92. The molecular formula is C16H26O3Si. The molecule has 20 heavy (non-hydrogen) atoms. The molecule has 112 valence electrons. The summed E-state index contributed by atoms with van der Waals surface area (Å²) in [6.07, 6.45) is 3.04. The molecule has 0 aliphatic heterocycles. The maximum Gasteiger partial charge on any atom is 0.192 e. The van der Waals surface area contributed by atoms with E-state index in [2.05, 4.69) is 33.9 Å². The number of aliphatic hydroxyl groups excluding tert-OH is 1. The molecule has 0 saturated heterocycles. The average molecular weight is 294 g/mol. The highest BCUT2D eigenvalue weighted by atomic mass is 28.4. The molecule has 0 amide bonds. The maximum absolute atomic E-state index is 8.62. The quantitative estimate of drug-likeness (QED) is 0.634. The van der Waals surface area contributed by atoms with Gasteiger partial charge in [0.2, 0.25) is 0 Å². The molecule has 3 nitrogen and oxygen atoms in total. The van der Waals surface area contributed by atoms with E-state index in [-0.39, 0.29) is 11.6 Å². The normalized spacial score (nSPS) is 12.9. The second kappa shape index (κ2) is 7.06. The molecule has 0 saturated carbocycles. The van der Waals surface area contributed by atoms with Crippen molar-refractivity contribution in [3.8, 4) is 5.75 Å². The third-order valence-electron chi connectivity index (χ3n) is 3.73. The Morgan fingerprint density at radius 1 is 1.15 bits per heavy atom. The third kappa shape index (κ3) is 5.11. The molecule has 1 aromatic rings. The molecule has 0 unspecified atom stereocenters. The number of hydrogen-bond donors (Lipinski definition) is 1. The fourth-order valence-electron chi connectivity index (χ4n) is 1.31. The van der Waals surface area contributed by atoms with Crippen molar-refractivity contribution in [2.75, 3.05) is 6.61 Å². The molecule has 0 aliphatic carbocycles. The lowest BCUT2D eigenvalue weighted by molar-refractivity contribution is 0.276. The van der Waals surface area contributed by atoms with Crippen molar-refractivity contribution in [2.24, 2.45) is 0 Å². The van der Waals surface area contributed by atoms with Crippen molar-refractivity contribution in [2.45, 2.75) is 45.5 Å². The Labute approximate surface area is 123 Å². The van der Waals surface area contributed by atoms with Crippen LogP contribution in [0.4, 0.5) is 0 Å². The van der Waals surface area contributed by atoms with Gasteiger partial charge in [0.15, 0.2) is 8.32 Å². The largest absolute Gasteiger partial charge is 0.465 e. The van der Waals surface area contributed by atoms with E-state index in [9.17, 15) is 0 Å². The van der Waals surface area contributed by atoms with Crippen LogP contribution >= 0.6 is 0 Å². The molecule has 0 atom stereocenters. The summed E-state index contributed by atoms with van der Waals surface area (Å²) in [7, 11) is -1.70. The number of ether oxygens (including phenoxy) is 1. The lowest BCUT2D eigenvalue weighted by atomic mass is 10.2. The fraction of sp³-hybridized carbons (Fsp3) is 0.500. The van der Waals surface area contributed by atoms with E-state index in [1.165, 1.54) is 6.26 Å². The van der Waals surface area contributed by atoms with E-state index in [0.717, 1.165) is 11.3 Å². The van der Waals surface area contributed by atoms with Gasteiger partial charge in [-0.2, -0.15) is 0 Å². The third-order valence-corrected chi connectivity index (χ3v) is 8.21. The molecule has 0 fully saturated rings. The van der Waals surface area contributed by atoms with E-state index < -0.39 is 8.32 Å². The Morgan fingerprint density at radius 2 is 1.75 bits per heavy atom. The Kier molecular flexibility index (Phi) is 5.99. The van der Waals surface area contributed by atoms with E-state index in [0.29, 0.717) is 6.61 Å². The maximum atomic E-state index is 8.62. The van der Waals surface area contributed by atoms with Gasteiger partial charge in [-0.15, -0.1) is 0 Å². The summed E-state index contributed by atoms with van der Waals surface area (Å²) in [5.74, 6) is 0.755. The van der Waals surface area contributed by atoms with E-state index in [1.54, 1.807) is 6.08 Å². The minimum Gasteiger partial charge on any atom is -0.465 e. The van der Waals surface area contributed by atoms with Crippen LogP contribution in [0.3, 0.4) is 0 Å². The van der Waals surface area contributed by atoms with Crippen molar-refractivity contribution in [3.63, 3.8) is 0 Å². The van der Waals surface area contributed by atoms with Crippen LogP contribution in [-0.4, -0.2) is 20.0 Å². The Hall–Kier alpha value is -1.10. The molecule has 4 heteroatoms. The van der Waals surface area contributed by atoms with Crippen LogP contribution < -0.4 is 4.74 Å². The van der Waals surface area contributed by atoms with Crippen molar-refractivity contribution < 1.29 is 14.3 Å². The standard InChI is InChI=1S/C16H26O3Si/c1-16(2,3)20(4,5)19-13-14-7-9-15(10-8-14)18-12-6-11-17/h6-10,12,17H,11,13H2,1-5H3. The second-order valence-corrected chi connectivity index (χ2v) is 11.2. The molecule has 1 rings (SSSR count). The van der Waals surface area contributed by atoms with Crippen molar-refractivity contribution in [1.82, 2.24) is 0 Å². The molecular weight excluding hydrogens is 268 g/mol. The van der Waals surface area contributed by atoms with Crippen LogP contribution in [0, 0.1) is 0 Å². The first-order chi connectivity index (χ1) is 9.26. The number of rotatable bonds is 6. The summed E-state index contributed by atoms with van der Waals surface area (Å²) in [5, 5.41) is 8.85. The van der Waals surface area contributed by atoms with Gasteiger partial charge in [0.25, 0.3) is 0 Å². The van der Waals surface area contributed by atoms with Gasteiger partial charge >= 0.3 is 0 Å². The number of benzene rings is 1. The monoisotopic (exact) mass is 294 g/mol. The van der Waals surface area contributed by atoms with Crippen molar-refractivity contribution >= 4 is 8.32 Å². The average Bonchev–Trinajstić information content (AvgIpc) is 2.37. The summed E-state index contributed by atoms with van der Waals surface area (Å²) in [5.41, 5.74) is 1.15. The van der Waals surface area contributed by atoms with Crippen molar-refractivity contribution in [1.29, 1.82) is 0 Å². The molecule has 0 aromatic heterocycles. The highest BCUT2D eigenvalue weighted by Gasteiger charge is 2.36. The summed E-state index contributed by atoms with van der Waals surface area (Å²) >= 11 is 0. The van der Waals surface area contributed by atoms with Crippen LogP contribution in [0.2, 0.25) is 18.1 Å². The van der Waals surface area contributed by atoms with Crippen LogP contribution in [0.5, 0.6) is 5.75 Å². The van der Waals surface area contributed by atoms with E-state index in [4.69, 9.17) is 14.3 Å². The first-order valence-corrected chi connectivity index (χ1v) is 9.82. The highest BCUT2D eigenvalue weighted by molar-refractivity contribution is 6.74. The zero-order valence-electron chi connectivity index (χ0n) is 13.1. The van der Waals surface area contributed by atoms with Crippen LogP contribution in [0.15, 0.2) is 36.6 Å². The van der Waals surface area contributed by atoms with Gasteiger partial charge < -0.3 is 14.3 Å². The SMILES string of the molecule is CC(C)(C)[Si](C)(C)OCc1ccc(OC=CCO)cc1. The molecule has 0 spiro atoms. The molecule has 1 aromatic carbocycles. The van der Waals surface area contributed by atoms with Gasteiger partial charge in [-0.25, -0.2) is 0 Å². The Bertz CT molecular complexity index is 430. The lowest BCUT2D eigenvalue weighted by Gasteiger charge is -2.36. The minimum atomic E-state index is -1.70. The van der Waals surface area contributed by atoms with Crippen LogP contribution in [0.25, 0.3) is 0 Å². The van der Waals surface area contributed by atoms with Crippen molar-refractivity contribution in [3.05, 3.63) is 42.2 Å². The second-order valence-electron chi connectivity index (χ2n) is 6.37. The number of hydrogen-bond acceptors (Lipinski definition) is 3. The predicted molar refractivity (Wildman–Crippen MR) is 85.3 cm³/mol. The molecule has 1 N–H and O–H groups in total. The first kappa shape index (κ1) is 16.9. The molecule has 0 bridgehead atoms. The van der Waals surface area contributed by atoms with Gasteiger partial charge in [0.05, 0.1) is 19.5 Å². The predicted octanol–water partition coefficient (Wildman–Crippen LogP) is 4.09.